The summed E-state index contributed by atoms with van der Waals surface area (Å²) in [5.41, 5.74) is 1.77. The molecule has 0 fully saturated rings. The molecule has 0 radical (unpaired) electrons. The van der Waals surface area contributed by atoms with Crippen molar-refractivity contribution in [1.82, 2.24) is 0 Å². The Bertz CT molecular complexity index is 501. The zero-order chi connectivity index (χ0) is 17.4. The number of nitrogens with zero attached hydrogens (tertiary/aromatic N) is 2. The van der Waals surface area contributed by atoms with E-state index in [-0.39, 0.29) is 0 Å². The number of hydrogen-bond donors (Lipinski definition) is 2. The van der Waals surface area contributed by atoms with Gasteiger partial charge in [0.1, 0.15) is 0 Å². The van der Waals surface area contributed by atoms with Crippen molar-refractivity contribution < 1.29 is 19.8 Å². The molecule has 1 aromatic carbocycles. The maximum atomic E-state index is 11.5. The standard InChI is InChI=1S/C17H26N2O4/c1-4-6-11-18(16(20)21)14-9-8-10-15(13(14)3)19(17(22)23)12-7-5-2/h8-10H,4-7,11-12H2,1-3H3,(H,20,21)(H,22,23). The minimum Gasteiger partial charge on any atom is -0.465 e. The van der Waals surface area contributed by atoms with Crippen molar-refractivity contribution in [3.8, 4) is 0 Å². The van der Waals surface area contributed by atoms with Crippen molar-refractivity contribution in [3.63, 3.8) is 0 Å². The molecular formula is C17H26N2O4. The Morgan fingerprint density at radius 3 is 1.61 bits per heavy atom. The number of unbranched alkanes of at least 4 members (excludes halogenated alkanes) is 2. The van der Waals surface area contributed by atoms with E-state index >= 15 is 0 Å². The quantitative estimate of drug-likeness (QED) is 0.735. The largest absolute Gasteiger partial charge is 0.465 e. The van der Waals surface area contributed by atoms with Gasteiger partial charge in [-0.1, -0.05) is 32.8 Å². The Morgan fingerprint density at radius 1 is 0.913 bits per heavy atom. The Balaban J connectivity index is 3.21. The van der Waals surface area contributed by atoms with Crippen molar-refractivity contribution in [2.75, 3.05) is 22.9 Å². The smallest absolute Gasteiger partial charge is 0.411 e. The summed E-state index contributed by atoms with van der Waals surface area (Å²) in [5, 5.41) is 18.9. The molecule has 2 amide bonds. The van der Waals surface area contributed by atoms with Crippen LogP contribution in [0.2, 0.25) is 0 Å². The van der Waals surface area contributed by atoms with Crippen LogP contribution in [0.25, 0.3) is 0 Å². The number of anilines is 2. The van der Waals surface area contributed by atoms with Crippen LogP contribution in [0.4, 0.5) is 21.0 Å². The van der Waals surface area contributed by atoms with Gasteiger partial charge < -0.3 is 10.2 Å². The lowest BCUT2D eigenvalue weighted by atomic mass is 10.1. The van der Waals surface area contributed by atoms with Crippen LogP contribution in [0.5, 0.6) is 0 Å². The van der Waals surface area contributed by atoms with Gasteiger partial charge in [-0.2, -0.15) is 0 Å². The molecule has 6 heteroatoms. The van der Waals surface area contributed by atoms with Gasteiger partial charge in [0.15, 0.2) is 0 Å². The summed E-state index contributed by atoms with van der Waals surface area (Å²) in [5.74, 6) is 0. The normalized spacial score (nSPS) is 10.4. The molecule has 1 aromatic rings. The van der Waals surface area contributed by atoms with Gasteiger partial charge in [-0.3, -0.25) is 9.80 Å². The number of hydrogen-bond acceptors (Lipinski definition) is 2. The van der Waals surface area contributed by atoms with Crippen LogP contribution < -0.4 is 9.80 Å². The topological polar surface area (TPSA) is 81.1 Å². The Labute approximate surface area is 137 Å². The van der Waals surface area contributed by atoms with Gasteiger partial charge in [0.25, 0.3) is 0 Å². The van der Waals surface area contributed by atoms with Gasteiger partial charge in [0.2, 0.25) is 0 Å². The van der Waals surface area contributed by atoms with Gasteiger partial charge in [0.05, 0.1) is 11.4 Å². The number of carboxylic acid groups (broad SMARTS) is 2. The van der Waals surface area contributed by atoms with Crippen LogP contribution in [0.1, 0.15) is 45.1 Å². The first-order valence-corrected chi connectivity index (χ1v) is 8.04. The van der Waals surface area contributed by atoms with Gasteiger partial charge in [0, 0.05) is 13.1 Å². The summed E-state index contributed by atoms with van der Waals surface area (Å²) in [4.78, 5) is 25.7. The lowest BCUT2D eigenvalue weighted by Gasteiger charge is -2.26. The first-order valence-electron chi connectivity index (χ1n) is 8.04. The molecule has 0 aliphatic heterocycles. The maximum Gasteiger partial charge on any atom is 0.411 e. The van der Waals surface area contributed by atoms with E-state index in [2.05, 4.69) is 0 Å². The fraction of sp³-hybridized carbons (Fsp3) is 0.529. The maximum absolute atomic E-state index is 11.5. The fourth-order valence-electron chi connectivity index (χ4n) is 2.47. The van der Waals surface area contributed by atoms with Crippen molar-refractivity contribution in [3.05, 3.63) is 23.8 Å². The molecule has 0 heterocycles. The summed E-state index contributed by atoms with van der Waals surface area (Å²) in [7, 11) is 0. The van der Waals surface area contributed by atoms with Crippen LogP contribution in [0.15, 0.2) is 18.2 Å². The van der Waals surface area contributed by atoms with E-state index in [0.29, 0.717) is 30.0 Å². The molecule has 1 rings (SSSR count). The molecule has 0 spiro atoms. The molecule has 0 bridgehead atoms. The second-order valence-electron chi connectivity index (χ2n) is 5.50. The lowest BCUT2D eigenvalue weighted by Crippen LogP contribution is -2.33. The molecule has 23 heavy (non-hydrogen) atoms. The average molecular weight is 322 g/mol. The molecule has 0 aliphatic carbocycles. The summed E-state index contributed by atoms with van der Waals surface area (Å²) in [6.07, 6.45) is 1.26. The fourth-order valence-corrected chi connectivity index (χ4v) is 2.47. The minimum absolute atomic E-state index is 0.401. The van der Waals surface area contributed by atoms with E-state index in [4.69, 9.17) is 0 Å². The predicted molar refractivity (Wildman–Crippen MR) is 91.7 cm³/mol. The highest BCUT2D eigenvalue weighted by Crippen LogP contribution is 2.30. The molecule has 0 atom stereocenters. The Kier molecular flexibility index (Phi) is 7.38. The molecule has 2 N–H and O–H groups in total. The average Bonchev–Trinajstić information content (AvgIpc) is 2.50. The van der Waals surface area contributed by atoms with Gasteiger partial charge in [-0.15, -0.1) is 0 Å². The highest BCUT2D eigenvalue weighted by atomic mass is 16.4. The number of carbonyl (C=O) groups is 2. The van der Waals surface area contributed by atoms with Crippen molar-refractivity contribution in [1.29, 1.82) is 0 Å². The molecule has 0 aliphatic rings. The number of amides is 2. The van der Waals surface area contributed by atoms with Gasteiger partial charge >= 0.3 is 12.2 Å². The van der Waals surface area contributed by atoms with Gasteiger partial charge in [-0.05, 0) is 37.5 Å². The van der Waals surface area contributed by atoms with Gasteiger partial charge in [-0.25, -0.2) is 9.59 Å². The minimum atomic E-state index is -1.02. The summed E-state index contributed by atoms with van der Waals surface area (Å²) in [6.45, 7) is 6.57. The zero-order valence-electron chi connectivity index (χ0n) is 14.1. The van der Waals surface area contributed by atoms with E-state index < -0.39 is 12.2 Å². The third-order valence-corrected chi connectivity index (χ3v) is 3.79. The first-order chi connectivity index (χ1) is 10.9. The number of benzene rings is 1. The molecule has 6 nitrogen and oxygen atoms in total. The molecule has 0 saturated heterocycles. The van der Waals surface area contributed by atoms with Crippen LogP contribution in [-0.4, -0.2) is 35.5 Å². The van der Waals surface area contributed by atoms with E-state index in [0.717, 1.165) is 25.7 Å². The van der Waals surface area contributed by atoms with E-state index in [1.165, 1.54) is 9.80 Å². The highest BCUT2D eigenvalue weighted by molar-refractivity contribution is 5.92. The van der Waals surface area contributed by atoms with E-state index in [9.17, 15) is 19.8 Å². The SMILES string of the molecule is CCCCN(C(=O)O)c1cccc(N(CCCC)C(=O)O)c1C. The molecule has 0 aromatic heterocycles. The van der Waals surface area contributed by atoms with Crippen molar-refractivity contribution in [2.24, 2.45) is 0 Å². The third-order valence-electron chi connectivity index (χ3n) is 3.79. The second kappa shape index (κ2) is 9.02. The second-order valence-corrected chi connectivity index (χ2v) is 5.50. The zero-order valence-corrected chi connectivity index (χ0v) is 14.1. The Hall–Kier alpha value is -2.24. The summed E-state index contributed by atoms with van der Waals surface area (Å²) >= 11 is 0. The molecule has 0 saturated carbocycles. The van der Waals surface area contributed by atoms with Crippen LogP contribution in [0.3, 0.4) is 0 Å². The van der Waals surface area contributed by atoms with Crippen LogP contribution in [-0.2, 0) is 0 Å². The number of rotatable bonds is 8. The summed E-state index contributed by atoms with van der Waals surface area (Å²) in [6, 6.07) is 5.16. The molecular weight excluding hydrogens is 296 g/mol. The monoisotopic (exact) mass is 322 g/mol. The summed E-state index contributed by atoms with van der Waals surface area (Å²) < 4.78 is 0. The van der Waals surface area contributed by atoms with Crippen molar-refractivity contribution in [2.45, 2.75) is 46.5 Å². The Morgan fingerprint density at radius 2 is 1.30 bits per heavy atom. The predicted octanol–water partition coefficient (Wildman–Crippen LogP) is 4.56. The van der Waals surface area contributed by atoms with Crippen LogP contribution in [0, 0.1) is 6.92 Å². The first kappa shape index (κ1) is 18.8. The van der Waals surface area contributed by atoms with E-state index in [1.54, 1.807) is 25.1 Å². The molecule has 0 unspecified atom stereocenters. The lowest BCUT2D eigenvalue weighted by molar-refractivity contribution is 0.201. The van der Waals surface area contributed by atoms with Crippen molar-refractivity contribution >= 4 is 23.6 Å². The van der Waals surface area contributed by atoms with Crippen LogP contribution >= 0.6 is 0 Å². The van der Waals surface area contributed by atoms with E-state index in [1.807, 2.05) is 13.8 Å². The molecule has 128 valence electrons. The highest BCUT2D eigenvalue weighted by Gasteiger charge is 2.21. The third kappa shape index (κ3) is 4.87.